The van der Waals surface area contributed by atoms with Crippen molar-refractivity contribution in [2.45, 2.75) is 74.2 Å². The molecule has 0 radical (unpaired) electrons. The molecular formula is C67H50BF8N3O9. The number of halogens is 8. The summed E-state index contributed by atoms with van der Waals surface area (Å²) in [6.45, 7) is 12.7. The summed E-state index contributed by atoms with van der Waals surface area (Å²) < 4.78 is 139. The van der Waals surface area contributed by atoms with Gasteiger partial charge in [-0.1, -0.05) is 54.6 Å². The molecule has 0 fully saturated rings. The minimum absolute atomic E-state index is 0.0230. The van der Waals surface area contributed by atoms with Gasteiger partial charge < -0.3 is 23.1 Å². The van der Waals surface area contributed by atoms with Crippen LogP contribution in [0.5, 0.6) is 5.75 Å². The molecule has 21 heteroatoms. The minimum atomic E-state index is -4.68. The number of hydrogen-bond acceptors (Lipinski definition) is 10. The first-order valence-electron chi connectivity index (χ1n) is 27.7. The lowest BCUT2D eigenvalue weighted by Crippen LogP contribution is -2.32. The van der Waals surface area contributed by atoms with E-state index in [1.54, 1.807) is 65.8 Å². The molecule has 0 aliphatic carbocycles. The molecule has 0 unspecified atom stereocenters. The van der Waals surface area contributed by atoms with Crippen LogP contribution >= 0.6 is 0 Å². The largest absolute Gasteiger partial charge is 0.677 e. The van der Waals surface area contributed by atoms with E-state index in [9.17, 15) is 40.7 Å². The Labute approximate surface area is 496 Å². The Morgan fingerprint density at radius 3 is 1.73 bits per heavy atom. The number of aromatic nitrogens is 2. The fraction of sp³-hybridized carbons (Fsp3) is 0.194. The van der Waals surface area contributed by atoms with Crippen molar-refractivity contribution in [2.75, 3.05) is 13.2 Å². The highest BCUT2D eigenvalue weighted by atomic mass is 19.4. The second-order valence-electron chi connectivity index (χ2n) is 21.3. The summed E-state index contributed by atoms with van der Waals surface area (Å²) in [7, 11) is -3.15. The van der Waals surface area contributed by atoms with E-state index in [2.05, 4.69) is 0 Å². The molecule has 11 rings (SSSR count). The van der Waals surface area contributed by atoms with Crippen molar-refractivity contribution in [1.82, 2.24) is 9.05 Å². The van der Waals surface area contributed by atoms with Gasteiger partial charge in [0.2, 0.25) is 0 Å². The predicted molar refractivity (Wildman–Crippen MR) is 320 cm³/mol. The maximum absolute atomic E-state index is 15.4. The van der Waals surface area contributed by atoms with Gasteiger partial charge in [0.05, 0.1) is 59.0 Å². The molecule has 0 spiro atoms. The lowest BCUT2D eigenvalue weighted by atomic mass is 9.87. The third-order valence-electron chi connectivity index (χ3n) is 15.9. The first-order valence-corrected chi connectivity index (χ1v) is 27.7. The normalized spacial score (nSPS) is 13.5. The Morgan fingerprint density at radius 1 is 0.625 bits per heavy atom. The van der Waals surface area contributed by atoms with Crippen LogP contribution in [0.2, 0.25) is 0 Å². The average molecular weight is 1200 g/mol. The molecular weight excluding hydrogens is 1150 g/mol. The molecule has 12 nitrogen and oxygen atoms in total. The highest BCUT2D eigenvalue weighted by Crippen LogP contribution is 2.48. The van der Waals surface area contributed by atoms with Crippen LogP contribution in [0.4, 0.5) is 35.0 Å². The Hall–Kier alpha value is -9.92. The van der Waals surface area contributed by atoms with Crippen LogP contribution in [-0.2, 0) is 37.8 Å². The summed E-state index contributed by atoms with van der Waals surface area (Å²) in [6.07, 6.45) is -9.70. The van der Waals surface area contributed by atoms with E-state index in [0.29, 0.717) is 49.7 Å². The predicted octanol–water partition coefficient (Wildman–Crippen LogP) is 15.5. The number of pyridine rings is 1. The van der Waals surface area contributed by atoms with E-state index in [0.717, 1.165) is 33.3 Å². The summed E-state index contributed by atoms with van der Waals surface area (Å²) in [5.74, 6) is -2.16. The summed E-state index contributed by atoms with van der Waals surface area (Å²) >= 11 is 0. The molecule has 1 aliphatic rings. The molecule has 0 N–H and O–H groups in total. The van der Waals surface area contributed by atoms with E-state index < -0.39 is 59.9 Å². The molecule has 0 atom stereocenters. The lowest BCUT2D eigenvalue weighted by molar-refractivity contribution is -0.138. The molecule has 3 aromatic heterocycles. The fourth-order valence-corrected chi connectivity index (χ4v) is 12.1. The van der Waals surface area contributed by atoms with E-state index in [1.165, 1.54) is 86.6 Å². The number of rotatable bonds is 13. The number of para-hydroxylation sites is 1. The Morgan fingerprint density at radius 2 is 1.17 bits per heavy atom. The number of esters is 3. The fourth-order valence-electron chi connectivity index (χ4n) is 12.1. The van der Waals surface area contributed by atoms with Gasteiger partial charge in [-0.05, 0) is 172 Å². The van der Waals surface area contributed by atoms with Crippen molar-refractivity contribution in [1.29, 1.82) is 0 Å². The molecule has 1 aliphatic heterocycles. The maximum atomic E-state index is 15.4. The Bertz CT molecular complexity index is 4750. The van der Waals surface area contributed by atoms with E-state index in [4.69, 9.17) is 23.6 Å². The highest BCUT2D eigenvalue weighted by Gasteiger charge is 2.38. The third kappa shape index (κ3) is 10.2. The zero-order valence-corrected chi connectivity index (χ0v) is 48.3. The van der Waals surface area contributed by atoms with Crippen LogP contribution < -0.4 is 15.9 Å². The average Bonchev–Trinajstić information content (AvgIpc) is 0.816. The first kappa shape index (κ1) is 59.8. The molecule has 0 saturated heterocycles. The summed E-state index contributed by atoms with van der Waals surface area (Å²) in [5.41, 5.74) is 0.577. The molecule has 0 bridgehead atoms. The molecule has 446 valence electrons. The van der Waals surface area contributed by atoms with E-state index >= 15 is 18.2 Å². The van der Waals surface area contributed by atoms with Gasteiger partial charge in [-0.3, -0.25) is 28.0 Å². The van der Waals surface area contributed by atoms with Gasteiger partial charge in [0, 0.05) is 54.8 Å². The van der Waals surface area contributed by atoms with E-state index in [1.807, 2.05) is 0 Å². The van der Waals surface area contributed by atoms with Gasteiger partial charge in [0.25, 0.3) is 11.1 Å². The van der Waals surface area contributed by atoms with Gasteiger partial charge in [0.1, 0.15) is 16.9 Å². The van der Waals surface area contributed by atoms with Crippen LogP contribution in [0.15, 0.2) is 157 Å². The molecule has 0 amide bonds. The summed E-state index contributed by atoms with van der Waals surface area (Å²) in [5, 5.41) is 1.19. The van der Waals surface area contributed by atoms with Gasteiger partial charge in [-0.25, -0.2) is 14.2 Å². The number of allylic oxidation sites excluding steroid dienone is 1. The smallest absolute Gasteiger partial charge is 0.462 e. The van der Waals surface area contributed by atoms with Crippen LogP contribution in [-0.4, -0.2) is 53.3 Å². The number of alkyl halides is 6. The molecule has 10 aromatic rings. The summed E-state index contributed by atoms with van der Waals surface area (Å²) in [4.78, 5) is 75.4. The molecule has 4 heterocycles. The lowest BCUT2D eigenvalue weighted by Gasteiger charge is -2.21. The van der Waals surface area contributed by atoms with Crippen LogP contribution in [0.1, 0.15) is 88.4 Å². The number of aryl methyl sites for hydroxylation is 2. The third-order valence-corrected chi connectivity index (χ3v) is 15.9. The van der Waals surface area contributed by atoms with Crippen molar-refractivity contribution in [3.63, 3.8) is 0 Å². The number of fused-ring (bicyclic) bond motifs is 2. The number of aliphatic imine (C=N–C) groups is 1. The Balaban J connectivity index is 0.992. The van der Waals surface area contributed by atoms with Crippen molar-refractivity contribution < 1.29 is 68.0 Å². The first-order chi connectivity index (χ1) is 41.7. The molecule has 88 heavy (non-hydrogen) atoms. The van der Waals surface area contributed by atoms with Crippen molar-refractivity contribution >= 4 is 80.1 Å². The highest BCUT2D eigenvalue weighted by molar-refractivity contribution is 6.42. The van der Waals surface area contributed by atoms with E-state index in [-0.39, 0.29) is 120 Å². The van der Waals surface area contributed by atoms with Crippen molar-refractivity contribution in [3.8, 4) is 33.7 Å². The second kappa shape index (κ2) is 22.4. The number of hydrogen-bond donors (Lipinski definition) is 0. The zero-order chi connectivity index (χ0) is 63.2. The van der Waals surface area contributed by atoms with Crippen LogP contribution in [0.3, 0.4) is 0 Å². The SMILES string of the molecule is CCOC(=O)C1=C(C)/C(=C(\c2c(C)cc(OC(=O)Cc3ccc(-n4c(=O)c5cc(-c6ccc(C(F)(F)F)cc6)c6oc7ccccc7c7c(-c8ccc(C(F)(F)F)cc8)cc(c4=O)c5c67)cc3)cc2C)c2c(C)c(C(=O)OCC)c(C)n2B(F)F)N=C1C. The monoisotopic (exact) mass is 1200 g/mol. The van der Waals surface area contributed by atoms with Gasteiger partial charge >= 0.3 is 37.7 Å². The molecule has 0 saturated carbocycles. The topological polar surface area (TPSA) is 148 Å². The number of carbonyl (C=O) groups excluding carboxylic acids is 3. The number of benzene rings is 7. The quantitative estimate of drug-likeness (QED) is 0.0275. The molecule has 7 aromatic carbocycles. The van der Waals surface area contributed by atoms with Crippen LogP contribution in [0.25, 0.3) is 77.0 Å². The number of ether oxygens (including phenoxy) is 3. The number of carbonyl (C=O) groups is 3. The van der Waals surface area contributed by atoms with Gasteiger partial charge in [-0.15, -0.1) is 0 Å². The standard InChI is InChI=1S/C67H50BF8N3O9/c1-9-85-64(83)53-34(5)59(77-36(53)7)58(60-35(6)54(65(84)86-10-2)37(8)79(60)68(75)76)52-32(3)27-44(28-33(52)4)87-51(80)29-38-15-25-43(26-16-38)78-62(81)48-30-46(39-17-21-41(22-18-39)66(69,70)71)55-45-13-11-12-14-50(45)88-61-47(31-49(63(78)82)56(48)57(55)61)40-19-23-42(24-20-40)67(72,73)74/h11-28,30-31H,9-10,29H2,1-8H3/b59-58-. The number of nitrogens with zero attached hydrogens (tertiary/aromatic N) is 3. The minimum Gasteiger partial charge on any atom is -0.462 e. The van der Waals surface area contributed by atoms with Crippen molar-refractivity contribution in [2.24, 2.45) is 4.99 Å². The van der Waals surface area contributed by atoms with Gasteiger partial charge in [-0.2, -0.15) is 26.3 Å². The maximum Gasteiger partial charge on any atom is 0.677 e. The van der Waals surface area contributed by atoms with Gasteiger partial charge in [0.15, 0.2) is 0 Å². The summed E-state index contributed by atoms with van der Waals surface area (Å²) in [6, 6.07) is 27.1. The van der Waals surface area contributed by atoms with Crippen molar-refractivity contribution in [3.05, 3.63) is 215 Å². The van der Waals surface area contributed by atoms with Crippen LogP contribution in [0, 0.1) is 27.7 Å². The Kier molecular flexibility index (Phi) is 15.2. The zero-order valence-electron chi connectivity index (χ0n) is 48.3. The second-order valence-corrected chi connectivity index (χ2v) is 21.3.